The molecule has 0 aliphatic carbocycles. The minimum Gasteiger partial charge on any atom is -0.342 e. The molecule has 4 rings (SSSR count). The van der Waals surface area contributed by atoms with E-state index < -0.39 is 27.6 Å². The predicted molar refractivity (Wildman–Crippen MR) is 103 cm³/mol. The lowest BCUT2D eigenvalue weighted by Gasteiger charge is -2.19. The molecule has 30 heavy (non-hydrogen) atoms. The van der Waals surface area contributed by atoms with Gasteiger partial charge in [-0.3, -0.25) is 4.79 Å². The number of nitrogens with zero attached hydrogens (tertiary/aromatic N) is 4. The second-order valence-corrected chi connectivity index (χ2v) is 10.7. The Hall–Kier alpha value is -2.17. The van der Waals surface area contributed by atoms with Crippen LogP contribution in [0.25, 0.3) is 5.65 Å². The van der Waals surface area contributed by atoms with Crippen molar-refractivity contribution in [1.29, 1.82) is 0 Å². The number of amides is 1. The maximum absolute atomic E-state index is 13.6. The summed E-state index contributed by atoms with van der Waals surface area (Å²) >= 11 is 0. The van der Waals surface area contributed by atoms with Crippen molar-refractivity contribution in [3.63, 3.8) is 0 Å². The van der Waals surface area contributed by atoms with Crippen molar-refractivity contribution < 1.29 is 26.4 Å². The maximum atomic E-state index is 13.6. The van der Waals surface area contributed by atoms with Crippen molar-refractivity contribution in [2.24, 2.45) is 5.92 Å². The standard InChI is InChI=1S/C19H23F3N4O3S/c1-11(2)14-7-16(19(20,21)22)26-17(23-14)8-15(24-26)12-3-5-25(9-12)18(27)13-4-6-30(28,29)10-13/h7-8,11-13H,3-6,9-10H2,1-2H3/t12-,13+/m0/s1. The summed E-state index contributed by atoms with van der Waals surface area (Å²) in [7, 11) is -3.16. The van der Waals surface area contributed by atoms with E-state index in [1.54, 1.807) is 24.8 Å². The molecule has 0 radical (unpaired) electrons. The first-order chi connectivity index (χ1) is 13.9. The van der Waals surface area contributed by atoms with Crippen LogP contribution in [0.15, 0.2) is 12.1 Å². The highest BCUT2D eigenvalue weighted by atomic mass is 32.2. The molecule has 0 unspecified atom stereocenters. The van der Waals surface area contributed by atoms with Crippen molar-refractivity contribution in [1.82, 2.24) is 19.5 Å². The zero-order valence-electron chi connectivity index (χ0n) is 16.7. The molecular formula is C19H23F3N4O3S. The highest BCUT2D eigenvalue weighted by molar-refractivity contribution is 7.91. The van der Waals surface area contributed by atoms with Crippen LogP contribution in [-0.4, -0.2) is 58.4 Å². The Labute approximate surface area is 172 Å². The number of rotatable bonds is 3. The third kappa shape index (κ3) is 3.91. The summed E-state index contributed by atoms with van der Waals surface area (Å²) in [5, 5.41) is 4.18. The lowest BCUT2D eigenvalue weighted by molar-refractivity contribution is -0.142. The molecule has 2 aromatic rings. The van der Waals surface area contributed by atoms with Gasteiger partial charge in [0.2, 0.25) is 5.91 Å². The number of carbonyl (C=O) groups is 1. The number of sulfone groups is 1. The minimum atomic E-state index is -4.57. The number of fused-ring (bicyclic) bond motifs is 1. The van der Waals surface area contributed by atoms with Crippen molar-refractivity contribution in [2.45, 2.75) is 44.7 Å². The van der Waals surface area contributed by atoms with Crippen LogP contribution in [0.4, 0.5) is 13.2 Å². The van der Waals surface area contributed by atoms with Crippen LogP contribution in [0.2, 0.25) is 0 Å². The fourth-order valence-electron chi connectivity index (χ4n) is 4.16. The fourth-order valence-corrected chi connectivity index (χ4v) is 5.89. The van der Waals surface area contributed by atoms with E-state index in [0.717, 1.165) is 10.6 Å². The SMILES string of the molecule is CC(C)c1cc(C(F)(F)F)n2nc([C@H]3CCN(C(=O)[C@@H]4CCS(=O)(=O)C4)C3)cc2n1. The first kappa shape index (κ1) is 21.1. The van der Waals surface area contributed by atoms with Gasteiger partial charge in [0.25, 0.3) is 0 Å². The number of likely N-dealkylation sites (tertiary alicyclic amines) is 1. The van der Waals surface area contributed by atoms with Gasteiger partial charge >= 0.3 is 6.18 Å². The number of alkyl halides is 3. The van der Waals surface area contributed by atoms with E-state index in [9.17, 15) is 26.4 Å². The molecule has 2 atom stereocenters. The van der Waals surface area contributed by atoms with E-state index in [2.05, 4.69) is 10.1 Å². The van der Waals surface area contributed by atoms with Crippen LogP contribution in [0.3, 0.4) is 0 Å². The third-order valence-corrected chi connectivity index (χ3v) is 7.62. The molecule has 0 saturated carbocycles. The Bertz CT molecular complexity index is 1090. The second kappa shape index (κ2) is 7.21. The largest absolute Gasteiger partial charge is 0.433 e. The smallest absolute Gasteiger partial charge is 0.342 e. The summed E-state index contributed by atoms with van der Waals surface area (Å²) in [6.07, 6.45) is -3.68. The molecule has 0 aromatic carbocycles. The van der Waals surface area contributed by atoms with Gasteiger partial charge in [0.15, 0.2) is 15.5 Å². The van der Waals surface area contributed by atoms with Crippen molar-refractivity contribution in [3.05, 3.63) is 29.2 Å². The molecule has 2 aliphatic rings. The number of hydrogen-bond donors (Lipinski definition) is 0. The van der Waals surface area contributed by atoms with Crippen LogP contribution in [-0.2, 0) is 20.8 Å². The lowest BCUT2D eigenvalue weighted by Crippen LogP contribution is -2.34. The highest BCUT2D eigenvalue weighted by Gasteiger charge is 2.39. The normalized spacial score (nSPS) is 24.3. The molecule has 7 nitrogen and oxygen atoms in total. The van der Waals surface area contributed by atoms with E-state index in [1.165, 1.54) is 0 Å². The van der Waals surface area contributed by atoms with Gasteiger partial charge in [0.05, 0.1) is 23.1 Å². The van der Waals surface area contributed by atoms with E-state index in [4.69, 9.17) is 0 Å². The van der Waals surface area contributed by atoms with Crippen LogP contribution >= 0.6 is 0 Å². The van der Waals surface area contributed by atoms with E-state index in [-0.39, 0.29) is 34.9 Å². The van der Waals surface area contributed by atoms with Crippen molar-refractivity contribution in [2.75, 3.05) is 24.6 Å². The van der Waals surface area contributed by atoms with Gasteiger partial charge in [0.1, 0.15) is 5.69 Å². The molecule has 0 N–H and O–H groups in total. The lowest BCUT2D eigenvalue weighted by atomic mass is 10.1. The number of halogens is 3. The number of carbonyl (C=O) groups excluding carboxylic acids is 1. The van der Waals surface area contributed by atoms with Gasteiger partial charge < -0.3 is 4.90 Å². The zero-order chi connectivity index (χ0) is 21.8. The average Bonchev–Trinajstić information content (AvgIpc) is 3.36. The van der Waals surface area contributed by atoms with E-state index >= 15 is 0 Å². The Balaban J connectivity index is 1.59. The molecule has 1 amide bonds. The van der Waals surface area contributed by atoms with Crippen molar-refractivity contribution in [3.8, 4) is 0 Å². The number of aromatic nitrogens is 3. The van der Waals surface area contributed by atoms with Crippen LogP contribution < -0.4 is 0 Å². The molecule has 4 heterocycles. The Morgan fingerprint density at radius 1 is 1.23 bits per heavy atom. The van der Waals surface area contributed by atoms with Crippen LogP contribution in [0.5, 0.6) is 0 Å². The topological polar surface area (TPSA) is 84.6 Å². The Morgan fingerprint density at radius 3 is 2.57 bits per heavy atom. The average molecular weight is 444 g/mol. The number of hydrogen-bond acceptors (Lipinski definition) is 5. The molecule has 2 aromatic heterocycles. The first-order valence-corrected chi connectivity index (χ1v) is 11.7. The van der Waals surface area contributed by atoms with Gasteiger partial charge in [-0.15, -0.1) is 0 Å². The zero-order valence-corrected chi connectivity index (χ0v) is 17.5. The molecule has 2 aliphatic heterocycles. The minimum absolute atomic E-state index is 0.0250. The first-order valence-electron chi connectivity index (χ1n) is 9.91. The highest BCUT2D eigenvalue weighted by Crippen LogP contribution is 2.34. The summed E-state index contributed by atoms with van der Waals surface area (Å²) in [6, 6.07) is 2.58. The van der Waals surface area contributed by atoms with Crippen LogP contribution in [0.1, 0.15) is 55.6 Å². The summed E-state index contributed by atoms with van der Waals surface area (Å²) < 4.78 is 64.8. The van der Waals surface area contributed by atoms with Crippen molar-refractivity contribution >= 4 is 21.4 Å². The molecular weight excluding hydrogens is 421 g/mol. The fraction of sp³-hybridized carbons (Fsp3) is 0.632. The summed E-state index contributed by atoms with van der Waals surface area (Å²) in [6.45, 7) is 4.31. The summed E-state index contributed by atoms with van der Waals surface area (Å²) in [5.41, 5.74) is 0.0647. The van der Waals surface area contributed by atoms with Gasteiger partial charge in [-0.1, -0.05) is 13.8 Å². The molecule has 2 fully saturated rings. The predicted octanol–water partition coefficient (Wildman–Crippen LogP) is 2.62. The van der Waals surface area contributed by atoms with Gasteiger partial charge in [0, 0.05) is 30.8 Å². The quantitative estimate of drug-likeness (QED) is 0.727. The van der Waals surface area contributed by atoms with Gasteiger partial charge in [-0.2, -0.15) is 18.3 Å². The molecule has 164 valence electrons. The summed E-state index contributed by atoms with van der Waals surface area (Å²) in [4.78, 5) is 18.6. The third-order valence-electron chi connectivity index (χ3n) is 5.85. The van der Waals surface area contributed by atoms with E-state index in [0.29, 0.717) is 37.3 Å². The second-order valence-electron chi connectivity index (χ2n) is 8.43. The monoisotopic (exact) mass is 444 g/mol. The van der Waals surface area contributed by atoms with Crippen LogP contribution in [0, 0.1) is 5.92 Å². The molecule has 2 saturated heterocycles. The van der Waals surface area contributed by atoms with Gasteiger partial charge in [-0.05, 0) is 24.8 Å². The molecule has 0 spiro atoms. The Kier molecular flexibility index (Phi) is 5.06. The van der Waals surface area contributed by atoms with Gasteiger partial charge in [-0.25, -0.2) is 17.9 Å². The molecule has 11 heteroatoms. The van der Waals surface area contributed by atoms with E-state index in [1.807, 2.05) is 0 Å². The summed E-state index contributed by atoms with van der Waals surface area (Å²) in [5.74, 6) is -1.20. The Morgan fingerprint density at radius 2 is 1.97 bits per heavy atom. The molecule has 0 bridgehead atoms. The maximum Gasteiger partial charge on any atom is 0.433 e.